The molecule has 4 aliphatic carbocycles. The Morgan fingerprint density at radius 1 is 1.09 bits per heavy atom. The highest BCUT2D eigenvalue weighted by Gasteiger charge is 2.61. The topological polar surface area (TPSA) is 17.1 Å². The first-order chi connectivity index (χ1) is 10.5. The smallest absolute Gasteiger partial charge is 0.168 e. The minimum Gasteiger partial charge on any atom is -0.294 e. The van der Waals surface area contributed by atoms with Gasteiger partial charge in [0.2, 0.25) is 0 Å². The van der Waals surface area contributed by atoms with E-state index in [0.29, 0.717) is 17.1 Å². The van der Waals surface area contributed by atoms with Crippen LogP contribution in [0.25, 0.3) is 0 Å². The van der Waals surface area contributed by atoms with Crippen LogP contribution in [-0.2, 0) is 4.79 Å². The van der Waals surface area contributed by atoms with Gasteiger partial charge in [0.1, 0.15) is 0 Å². The predicted molar refractivity (Wildman–Crippen MR) is 90.4 cm³/mol. The van der Waals surface area contributed by atoms with Gasteiger partial charge in [0, 0.05) is 0 Å². The van der Waals surface area contributed by atoms with E-state index in [1.54, 1.807) is 0 Å². The lowest BCUT2D eigenvalue weighted by Gasteiger charge is -2.59. The van der Waals surface area contributed by atoms with E-state index < -0.39 is 0 Å². The second-order valence-electron chi connectivity index (χ2n) is 8.82. The molecule has 1 unspecified atom stereocenters. The van der Waals surface area contributed by atoms with Crippen molar-refractivity contribution in [2.45, 2.75) is 64.7 Å². The zero-order chi connectivity index (χ0) is 15.5. The highest BCUT2D eigenvalue weighted by molar-refractivity contribution is 6.03. The van der Waals surface area contributed by atoms with Gasteiger partial charge in [-0.25, -0.2) is 0 Å². The zero-order valence-corrected chi connectivity index (χ0v) is 14.1. The van der Waals surface area contributed by atoms with Crippen LogP contribution in [0.15, 0.2) is 24.8 Å². The number of Topliss-reactive ketones (excluding diaryl/α,β-unsaturated/α-hetero) is 1. The van der Waals surface area contributed by atoms with Crippen LogP contribution in [0, 0.1) is 34.5 Å². The van der Waals surface area contributed by atoms with E-state index in [4.69, 9.17) is 0 Å². The van der Waals surface area contributed by atoms with E-state index in [1.165, 1.54) is 44.9 Å². The van der Waals surface area contributed by atoms with E-state index in [0.717, 1.165) is 36.2 Å². The molecule has 0 N–H and O–H groups in total. The first kappa shape index (κ1) is 14.7. The van der Waals surface area contributed by atoms with Crippen LogP contribution in [0.1, 0.15) is 64.7 Å². The van der Waals surface area contributed by atoms with E-state index in [-0.39, 0.29) is 5.41 Å². The fraction of sp³-hybridized carbons (Fsp3) is 0.762. The van der Waals surface area contributed by atoms with Crippen molar-refractivity contribution in [1.29, 1.82) is 0 Å². The SMILES string of the molecule is C=C[C@]12CC[C@H]3[C@@H](CCC4CCCC[C@@]43C)[C@@H]1CC(=C)C2=O. The summed E-state index contributed by atoms with van der Waals surface area (Å²) >= 11 is 0. The van der Waals surface area contributed by atoms with Crippen molar-refractivity contribution in [2.24, 2.45) is 34.5 Å². The first-order valence-electron chi connectivity index (χ1n) is 9.39. The van der Waals surface area contributed by atoms with E-state index in [2.05, 4.69) is 20.1 Å². The van der Waals surface area contributed by atoms with Gasteiger partial charge >= 0.3 is 0 Å². The molecular formula is C21H30O. The number of hydrogen-bond donors (Lipinski definition) is 0. The summed E-state index contributed by atoms with van der Waals surface area (Å²) in [6, 6.07) is 0. The van der Waals surface area contributed by atoms with Crippen LogP contribution in [-0.4, -0.2) is 5.78 Å². The fourth-order valence-corrected chi connectivity index (χ4v) is 7.11. The number of fused-ring (bicyclic) bond motifs is 5. The molecule has 4 aliphatic rings. The average molecular weight is 298 g/mol. The lowest BCUT2D eigenvalue weighted by atomic mass is 9.45. The summed E-state index contributed by atoms with van der Waals surface area (Å²) in [7, 11) is 0. The fourth-order valence-electron chi connectivity index (χ4n) is 7.11. The number of carbonyl (C=O) groups is 1. The first-order valence-corrected chi connectivity index (χ1v) is 9.39. The Morgan fingerprint density at radius 3 is 2.68 bits per heavy atom. The maximum atomic E-state index is 12.8. The average Bonchev–Trinajstić information content (AvgIpc) is 2.79. The molecule has 0 bridgehead atoms. The van der Waals surface area contributed by atoms with Crippen LogP contribution in [0.4, 0.5) is 0 Å². The lowest BCUT2D eigenvalue weighted by molar-refractivity contribution is -0.133. The van der Waals surface area contributed by atoms with Crippen LogP contribution >= 0.6 is 0 Å². The largest absolute Gasteiger partial charge is 0.294 e. The van der Waals surface area contributed by atoms with Crippen LogP contribution in [0.3, 0.4) is 0 Å². The molecule has 4 rings (SSSR count). The molecule has 0 aliphatic heterocycles. The van der Waals surface area contributed by atoms with Gasteiger partial charge in [-0.2, -0.15) is 0 Å². The molecule has 22 heavy (non-hydrogen) atoms. The maximum absolute atomic E-state index is 12.8. The van der Waals surface area contributed by atoms with Crippen LogP contribution in [0.2, 0.25) is 0 Å². The second kappa shape index (κ2) is 4.82. The number of ketones is 1. The number of hydrogen-bond acceptors (Lipinski definition) is 1. The Hall–Kier alpha value is -0.850. The van der Waals surface area contributed by atoms with E-state index in [1.807, 2.05) is 6.08 Å². The summed E-state index contributed by atoms with van der Waals surface area (Å²) in [4.78, 5) is 12.8. The molecular weight excluding hydrogens is 268 g/mol. The van der Waals surface area contributed by atoms with Crippen LogP contribution < -0.4 is 0 Å². The van der Waals surface area contributed by atoms with Crippen molar-refractivity contribution in [2.75, 3.05) is 0 Å². The monoisotopic (exact) mass is 298 g/mol. The molecule has 0 radical (unpaired) electrons. The summed E-state index contributed by atoms with van der Waals surface area (Å²) in [5.41, 5.74) is 1.17. The van der Waals surface area contributed by atoms with Gasteiger partial charge in [-0.3, -0.25) is 4.79 Å². The molecule has 0 saturated heterocycles. The van der Waals surface area contributed by atoms with Crippen molar-refractivity contribution in [3.8, 4) is 0 Å². The van der Waals surface area contributed by atoms with Gasteiger partial charge in [0.05, 0.1) is 5.41 Å². The summed E-state index contributed by atoms with van der Waals surface area (Å²) < 4.78 is 0. The zero-order valence-electron chi connectivity index (χ0n) is 14.1. The molecule has 0 spiro atoms. The summed E-state index contributed by atoms with van der Waals surface area (Å²) in [6.07, 6.45) is 13.7. The van der Waals surface area contributed by atoms with E-state index in [9.17, 15) is 4.79 Å². The van der Waals surface area contributed by atoms with Crippen molar-refractivity contribution >= 4 is 5.78 Å². The molecule has 6 atom stereocenters. The minimum atomic E-state index is -0.254. The third-order valence-electron chi connectivity index (χ3n) is 8.28. The molecule has 0 heterocycles. The van der Waals surface area contributed by atoms with E-state index >= 15 is 0 Å². The lowest BCUT2D eigenvalue weighted by Crippen LogP contribution is -2.53. The number of allylic oxidation sites excluding steroid dienone is 2. The third kappa shape index (κ3) is 1.69. The molecule has 4 saturated carbocycles. The molecule has 0 amide bonds. The maximum Gasteiger partial charge on any atom is 0.168 e. The van der Waals surface area contributed by atoms with Gasteiger partial charge in [-0.05, 0) is 79.6 Å². The Balaban J connectivity index is 1.71. The van der Waals surface area contributed by atoms with Gasteiger partial charge < -0.3 is 0 Å². The molecule has 0 aromatic rings. The van der Waals surface area contributed by atoms with Crippen LogP contribution in [0.5, 0.6) is 0 Å². The van der Waals surface area contributed by atoms with Gasteiger partial charge in [-0.1, -0.05) is 32.4 Å². The summed E-state index contributed by atoms with van der Waals surface area (Å²) in [5, 5.41) is 0. The van der Waals surface area contributed by atoms with Crippen molar-refractivity contribution < 1.29 is 4.79 Å². The normalized spacial score (nSPS) is 51.0. The number of carbonyl (C=O) groups excluding carboxylic acids is 1. The Bertz CT molecular complexity index is 532. The molecule has 0 aromatic heterocycles. The Labute approximate surface area is 135 Å². The standard InChI is InChI=1S/C21H30O/c1-4-21-12-10-17-16(18(21)13-14(2)19(21)22)9-8-15-7-5-6-11-20(15,17)3/h4,15-18H,1-2,5-13H2,3H3/t15?,16-,17+,18+,20+,21+/m1/s1. The van der Waals surface area contributed by atoms with Crippen molar-refractivity contribution in [3.63, 3.8) is 0 Å². The molecule has 0 aromatic carbocycles. The van der Waals surface area contributed by atoms with Crippen molar-refractivity contribution in [3.05, 3.63) is 24.8 Å². The molecule has 4 fully saturated rings. The van der Waals surface area contributed by atoms with Gasteiger partial charge in [0.15, 0.2) is 5.78 Å². The Morgan fingerprint density at radius 2 is 1.91 bits per heavy atom. The quantitative estimate of drug-likeness (QED) is 0.473. The Kier molecular flexibility index (Phi) is 3.23. The highest BCUT2D eigenvalue weighted by Crippen LogP contribution is 2.66. The third-order valence-corrected chi connectivity index (χ3v) is 8.28. The van der Waals surface area contributed by atoms with Gasteiger partial charge in [0.25, 0.3) is 0 Å². The summed E-state index contributed by atoms with van der Waals surface area (Å²) in [5.74, 6) is 3.34. The molecule has 120 valence electrons. The highest BCUT2D eigenvalue weighted by atomic mass is 16.1. The number of rotatable bonds is 1. The second-order valence-corrected chi connectivity index (χ2v) is 8.82. The molecule has 1 heteroatoms. The molecule has 1 nitrogen and oxygen atoms in total. The summed E-state index contributed by atoms with van der Waals surface area (Å²) in [6.45, 7) is 10.8. The predicted octanol–water partition coefficient (Wildman–Crippen LogP) is 5.32. The minimum absolute atomic E-state index is 0.254. The van der Waals surface area contributed by atoms with Crippen molar-refractivity contribution in [1.82, 2.24) is 0 Å². The van der Waals surface area contributed by atoms with Gasteiger partial charge in [-0.15, -0.1) is 6.58 Å².